The van der Waals surface area contributed by atoms with Gasteiger partial charge >= 0.3 is 0 Å². The molecule has 2 N–H and O–H groups in total. The van der Waals surface area contributed by atoms with E-state index in [9.17, 15) is 0 Å². The molecular formula is C12H28O5. The highest BCUT2D eigenvalue weighted by atomic mass is 16.6. The largest absolute Gasteiger partial charge is 0.412 e. The van der Waals surface area contributed by atoms with Crippen LogP contribution in [0.4, 0.5) is 0 Å². The molecule has 106 valence electrons. The van der Waals surface area contributed by atoms with Crippen molar-refractivity contribution in [2.24, 2.45) is 0 Å². The second kappa shape index (κ2) is 18.2. The fourth-order valence-corrected chi connectivity index (χ4v) is 1.05. The van der Waals surface area contributed by atoms with Crippen LogP contribution in [0, 0.1) is 0 Å². The van der Waals surface area contributed by atoms with Gasteiger partial charge in [-0.05, 0) is 13.3 Å². The summed E-state index contributed by atoms with van der Waals surface area (Å²) in [6.07, 6.45) is 2.30. The molecule has 0 aliphatic heterocycles. The topological polar surface area (TPSA) is 68.4 Å². The molecule has 0 bridgehead atoms. The molecule has 0 spiro atoms. The summed E-state index contributed by atoms with van der Waals surface area (Å²) in [5.74, 6) is 0. The third-order valence-electron chi connectivity index (χ3n) is 1.96. The maximum atomic E-state index is 5.35. The lowest BCUT2D eigenvalue weighted by Gasteiger charge is -2.06. The molecule has 0 heterocycles. The number of hydrogen-bond acceptors (Lipinski definition) is 4. The molecule has 0 rings (SSSR count). The third-order valence-corrected chi connectivity index (χ3v) is 1.96. The van der Waals surface area contributed by atoms with Crippen LogP contribution < -0.4 is 0 Å². The second-order valence-electron chi connectivity index (χ2n) is 3.39. The summed E-state index contributed by atoms with van der Waals surface area (Å²) in [6, 6.07) is 0. The van der Waals surface area contributed by atoms with Crippen molar-refractivity contribution in [3.05, 3.63) is 0 Å². The minimum atomic E-state index is 0. The van der Waals surface area contributed by atoms with Gasteiger partial charge in [0.1, 0.15) is 0 Å². The Kier molecular flexibility index (Phi) is 20.5. The molecule has 5 nitrogen and oxygen atoms in total. The van der Waals surface area contributed by atoms with E-state index in [1.165, 1.54) is 6.42 Å². The molecule has 0 aromatic rings. The van der Waals surface area contributed by atoms with Gasteiger partial charge in [0, 0.05) is 13.2 Å². The smallest absolute Gasteiger partial charge is 0.0701 e. The van der Waals surface area contributed by atoms with Crippen LogP contribution in [-0.2, 0) is 18.9 Å². The van der Waals surface area contributed by atoms with Gasteiger partial charge in [0.25, 0.3) is 0 Å². The van der Waals surface area contributed by atoms with Crippen LogP contribution >= 0.6 is 0 Å². The van der Waals surface area contributed by atoms with Crippen LogP contribution in [0.1, 0.15) is 26.7 Å². The average molecular weight is 252 g/mol. The Hall–Kier alpha value is -0.200. The number of unbranched alkanes of at least 4 members (excludes halogenated alkanes) is 1. The van der Waals surface area contributed by atoms with Crippen LogP contribution in [0.5, 0.6) is 0 Å². The van der Waals surface area contributed by atoms with Gasteiger partial charge in [-0.2, -0.15) is 0 Å². The molecule has 0 aliphatic carbocycles. The third kappa shape index (κ3) is 18.4. The van der Waals surface area contributed by atoms with Crippen LogP contribution in [-0.4, -0.2) is 58.3 Å². The summed E-state index contributed by atoms with van der Waals surface area (Å²) in [6.45, 7) is 9.60. The Bertz CT molecular complexity index is 107. The van der Waals surface area contributed by atoms with Crippen molar-refractivity contribution in [2.45, 2.75) is 26.7 Å². The minimum Gasteiger partial charge on any atom is -0.412 e. The predicted octanol–water partition coefficient (Wildman–Crippen LogP) is 1.05. The van der Waals surface area contributed by atoms with E-state index in [-0.39, 0.29) is 5.48 Å². The number of hydrogen-bond donors (Lipinski definition) is 0. The van der Waals surface area contributed by atoms with Gasteiger partial charge in [-0.1, -0.05) is 13.3 Å². The minimum absolute atomic E-state index is 0. The van der Waals surface area contributed by atoms with Crippen molar-refractivity contribution in [1.29, 1.82) is 0 Å². The molecule has 0 radical (unpaired) electrons. The van der Waals surface area contributed by atoms with Crippen molar-refractivity contribution in [3.63, 3.8) is 0 Å². The first-order valence-electron chi connectivity index (χ1n) is 6.22. The zero-order chi connectivity index (χ0) is 11.9. The standard InChI is InChI=1S/C12H26O4.H2O/c1-3-5-6-14-9-10-16-12-11-15-8-7-13-4-2;/h3-12H2,1-2H3;1H2. The summed E-state index contributed by atoms with van der Waals surface area (Å²) >= 11 is 0. The fraction of sp³-hybridized carbons (Fsp3) is 1.00. The molecule has 0 aliphatic rings. The van der Waals surface area contributed by atoms with Crippen LogP contribution in [0.15, 0.2) is 0 Å². The molecular weight excluding hydrogens is 224 g/mol. The molecule has 5 heteroatoms. The number of ether oxygens (including phenoxy) is 4. The van der Waals surface area contributed by atoms with Gasteiger partial charge < -0.3 is 24.4 Å². The molecule has 0 aromatic carbocycles. The highest BCUT2D eigenvalue weighted by Gasteiger charge is 1.91. The molecule has 0 amide bonds. The van der Waals surface area contributed by atoms with E-state index < -0.39 is 0 Å². The molecule has 0 saturated carbocycles. The van der Waals surface area contributed by atoms with Gasteiger partial charge in [-0.15, -0.1) is 0 Å². The molecule has 0 fully saturated rings. The fourth-order valence-electron chi connectivity index (χ4n) is 1.05. The van der Waals surface area contributed by atoms with E-state index in [4.69, 9.17) is 18.9 Å². The van der Waals surface area contributed by atoms with Crippen molar-refractivity contribution < 1.29 is 24.4 Å². The van der Waals surface area contributed by atoms with E-state index in [1.54, 1.807) is 0 Å². The van der Waals surface area contributed by atoms with E-state index in [0.717, 1.165) is 19.6 Å². The Morgan fingerprint density at radius 3 is 1.41 bits per heavy atom. The second-order valence-corrected chi connectivity index (χ2v) is 3.39. The van der Waals surface area contributed by atoms with Gasteiger partial charge in [-0.3, -0.25) is 0 Å². The first-order chi connectivity index (χ1) is 7.91. The number of rotatable bonds is 13. The zero-order valence-corrected chi connectivity index (χ0v) is 11.2. The van der Waals surface area contributed by atoms with Gasteiger partial charge in [0.05, 0.1) is 39.6 Å². The lowest BCUT2D eigenvalue weighted by atomic mass is 10.4. The highest BCUT2D eigenvalue weighted by Crippen LogP contribution is 1.88. The van der Waals surface area contributed by atoms with Crippen LogP contribution in [0.2, 0.25) is 0 Å². The Morgan fingerprint density at radius 2 is 1.00 bits per heavy atom. The summed E-state index contributed by atoms with van der Waals surface area (Å²) in [7, 11) is 0. The lowest BCUT2D eigenvalue weighted by molar-refractivity contribution is -0.000727. The summed E-state index contributed by atoms with van der Waals surface area (Å²) in [4.78, 5) is 0. The van der Waals surface area contributed by atoms with E-state index >= 15 is 0 Å². The van der Waals surface area contributed by atoms with Crippen LogP contribution in [0.25, 0.3) is 0 Å². The van der Waals surface area contributed by atoms with Gasteiger partial charge in [0.2, 0.25) is 0 Å². The van der Waals surface area contributed by atoms with Crippen LogP contribution in [0.3, 0.4) is 0 Å². The summed E-state index contributed by atoms with van der Waals surface area (Å²) < 4.78 is 21.1. The maximum Gasteiger partial charge on any atom is 0.0701 e. The Labute approximate surface area is 105 Å². The Balaban J connectivity index is 0. The van der Waals surface area contributed by atoms with Gasteiger partial charge in [0.15, 0.2) is 0 Å². The zero-order valence-electron chi connectivity index (χ0n) is 11.2. The van der Waals surface area contributed by atoms with E-state index in [2.05, 4.69) is 6.92 Å². The first-order valence-corrected chi connectivity index (χ1v) is 6.22. The molecule has 0 aromatic heterocycles. The van der Waals surface area contributed by atoms with E-state index in [1.807, 2.05) is 6.92 Å². The quantitative estimate of drug-likeness (QED) is 0.459. The van der Waals surface area contributed by atoms with Crippen molar-refractivity contribution >= 4 is 0 Å². The van der Waals surface area contributed by atoms with E-state index in [0.29, 0.717) is 39.6 Å². The monoisotopic (exact) mass is 252 g/mol. The lowest BCUT2D eigenvalue weighted by Crippen LogP contribution is -2.12. The molecule has 0 saturated heterocycles. The normalized spacial score (nSPS) is 10.2. The first kappa shape index (κ1) is 19.1. The highest BCUT2D eigenvalue weighted by molar-refractivity contribution is 4.35. The SMILES string of the molecule is CCCCOCCOCCOCCOCC.O. The Morgan fingerprint density at radius 1 is 0.588 bits per heavy atom. The average Bonchev–Trinajstić information content (AvgIpc) is 2.31. The van der Waals surface area contributed by atoms with Crippen molar-refractivity contribution in [2.75, 3.05) is 52.9 Å². The van der Waals surface area contributed by atoms with Crippen molar-refractivity contribution in [1.82, 2.24) is 0 Å². The molecule has 0 unspecified atom stereocenters. The maximum absolute atomic E-state index is 5.35. The van der Waals surface area contributed by atoms with Gasteiger partial charge in [-0.25, -0.2) is 0 Å². The predicted molar refractivity (Wildman–Crippen MR) is 67.5 cm³/mol. The molecule has 0 atom stereocenters. The molecule has 17 heavy (non-hydrogen) atoms. The summed E-state index contributed by atoms with van der Waals surface area (Å²) in [5, 5.41) is 0. The van der Waals surface area contributed by atoms with Crippen molar-refractivity contribution in [3.8, 4) is 0 Å². The summed E-state index contributed by atoms with van der Waals surface area (Å²) in [5.41, 5.74) is 0.